The molecule has 1 saturated heterocycles. The molecular weight excluding hydrogens is 502 g/mol. The van der Waals surface area contributed by atoms with E-state index in [1.165, 1.54) is 0 Å². The van der Waals surface area contributed by atoms with Gasteiger partial charge < -0.3 is 35.6 Å². The van der Waals surface area contributed by atoms with Crippen LogP contribution in [-0.2, 0) is 27.9 Å². The summed E-state index contributed by atoms with van der Waals surface area (Å²) in [7, 11) is 1.88. The Bertz CT molecular complexity index is 1150. The number of nitrogens with one attached hydrogen (secondary N) is 3. The topological polar surface area (TPSA) is 153 Å². The van der Waals surface area contributed by atoms with Crippen molar-refractivity contribution in [2.24, 2.45) is 13.0 Å². The summed E-state index contributed by atoms with van der Waals surface area (Å²) in [5.74, 6) is -2.56. The van der Waals surface area contributed by atoms with Crippen molar-refractivity contribution in [3.05, 3.63) is 36.0 Å². The molecule has 1 aliphatic rings. The minimum Gasteiger partial charge on any atom is -0.480 e. The Kier molecular flexibility index (Phi) is 10.7. The molecule has 4 amide bonds. The molecule has 3 rings (SSSR count). The number of carboxylic acids is 1. The van der Waals surface area contributed by atoms with Crippen LogP contribution in [0.4, 0.5) is 4.79 Å². The Morgan fingerprint density at radius 1 is 0.897 bits per heavy atom. The molecule has 0 spiro atoms. The molecule has 1 aliphatic heterocycles. The van der Waals surface area contributed by atoms with Crippen molar-refractivity contribution in [3.63, 3.8) is 0 Å². The van der Waals surface area contributed by atoms with E-state index in [1.807, 2.05) is 55.9 Å². The van der Waals surface area contributed by atoms with Crippen LogP contribution in [0.1, 0.15) is 51.5 Å². The van der Waals surface area contributed by atoms with Crippen LogP contribution >= 0.6 is 0 Å². The summed E-state index contributed by atoms with van der Waals surface area (Å²) in [5.41, 5.74) is 1.73. The number of carbonyl (C=O) groups is 4. The number of aliphatic hydroxyl groups excluding tert-OH is 1. The molecule has 39 heavy (non-hydrogen) atoms. The van der Waals surface area contributed by atoms with Gasteiger partial charge in [-0.1, -0.05) is 44.9 Å². The van der Waals surface area contributed by atoms with E-state index in [0.29, 0.717) is 19.5 Å². The van der Waals surface area contributed by atoms with Gasteiger partial charge in [-0.15, -0.1) is 0 Å². The van der Waals surface area contributed by atoms with Crippen LogP contribution in [0.5, 0.6) is 0 Å². The molecule has 214 valence electrons. The molecule has 1 fully saturated rings. The molecule has 1 aromatic carbocycles. The molecule has 11 heteroatoms. The third kappa shape index (κ3) is 8.19. The van der Waals surface area contributed by atoms with E-state index < -0.39 is 42.5 Å². The van der Waals surface area contributed by atoms with Gasteiger partial charge in [-0.2, -0.15) is 0 Å². The molecule has 11 nitrogen and oxygen atoms in total. The van der Waals surface area contributed by atoms with Gasteiger partial charge >= 0.3 is 12.0 Å². The molecule has 1 aromatic heterocycles. The van der Waals surface area contributed by atoms with Crippen LogP contribution in [0.15, 0.2) is 30.5 Å². The van der Waals surface area contributed by atoms with Gasteiger partial charge in [0.05, 0.1) is 6.61 Å². The highest BCUT2D eigenvalue weighted by Crippen LogP contribution is 2.22. The van der Waals surface area contributed by atoms with Crippen LogP contribution in [0.25, 0.3) is 10.9 Å². The Hall–Kier alpha value is -3.60. The predicted octanol–water partition coefficient (Wildman–Crippen LogP) is 1.77. The van der Waals surface area contributed by atoms with Crippen molar-refractivity contribution < 1.29 is 29.4 Å². The highest BCUT2D eigenvalue weighted by atomic mass is 16.4. The number of urea groups is 1. The number of fused-ring (bicyclic) bond motifs is 1. The minimum absolute atomic E-state index is 0.0845. The summed E-state index contributed by atoms with van der Waals surface area (Å²) in [5, 5.41) is 27.6. The first kappa shape index (κ1) is 29.9. The quantitative estimate of drug-likeness (QED) is 0.291. The fraction of sp³-hybridized carbons (Fsp3) is 0.571. The molecule has 0 bridgehead atoms. The van der Waals surface area contributed by atoms with Crippen molar-refractivity contribution in [3.8, 4) is 0 Å². The maximum atomic E-state index is 13.5. The van der Waals surface area contributed by atoms with E-state index in [-0.39, 0.29) is 18.4 Å². The second-order valence-electron chi connectivity index (χ2n) is 10.7. The summed E-state index contributed by atoms with van der Waals surface area (Å²) in [6.07, 6.45) is 6.28. The average Bonchev–Trinajstić information content (AvgIpc) is 3.05. The molecule has 2 aromatic rings. The van der Waals surface area contributed by atoms with Crippen molar-refractivity contribution in [1.82, 2.24) is 25.4 Å². The number of aliphatic hydroxyl groups is 1. The van der Waals surface area contributed by atoms with Crippen LogP contribution in [0.3, 0.4) is 0 Å². The normalized spacial score (nSPS) is 16.3. The largest absolute Gasteiger partial charge is 0.480 e. The SMILES string of the molecule is CC(C)C[C@H](NC(=O)N1CCCCCC1)C(=O)N[C@H](Cc1cn(C)c2ccccc12)C(=O)N[C@H](CO)C(=O)O. The van der Waals surface area contributed by atoms with Crippen LogP contribution in [-0.4, -0.2) is 81.3 Å². The molecule has 5 N–H and O–H groups in total. The third-order valence-corrected chi connectivity index (χ3v) is 7.05. The number of carboxylic acid groups (broad SMARTS) is 1. The molecule has 2 heterocycles. The van der Waals surface area contributed by atoms with Crippen LogP contribution in [0.2, 0.25) is 0 Å². The first-order valence-corrected chi connectivity index (χ1v) is 13.6. The van der Waals surface area contributed by atoms with Gasteiger partial charge in [0.1, 0.15) is 18.1 Å². The first-order chi connectivity index (χ1) is 18.6. The molecule has 0 radical (unpaired) electrons. The summed E-state index contributed by atoms with van der Waals surface area (Å²) in [6.45, 7) is 4.35. The monoisotopic (exact) mass is 543 g/mol. The lowest BCUT2D eigenvalue weighted by molar-refractivity contribution is -0.143. The Morgan fingerprint density at radius 2 is 1.51 bits per heavy atom. The number of para-hydroxylation sites is 1. The maximum absolute atomic E-state index is 13.5. The fourth-order valence-electron chi connectivity index (χ4n) is 4.96. The van der Waals surface area contributed by atoms with E-state index >= 15 is 0 Å². The third-order valence-electron chi connectivity index (χ3n) is 7.05. The maximum Gasteiger partial charge on any atom is 0.328 e. The zero-order chi connectivity index (χ0) is 28.5. The first-order valence-electron chi connectivity index (χ1n) is 13.6. The molecule has 0 aliphatic carbocycles. The van der Waals surface area contributed by atoms with Crippen molar-refractivity contribution in [2.75, 3.05) is 19.7 Å². The number of nitrogens with zero attached hydrogens (tertiary/aromatic N) is 2. The van der Waals surface area contributed by atoms with Crippen molar-refractivity contribution in [2.45, 2.75) is 70.5 Å². The van der Waals surface area contributed by atoms with E-state index in [9.17, 15) is 29.4 Å². The summed E-state index contributed by atoms with van der Waals surface area (Å²) >= 11 is 0. The number of aromatic nitrogens is 1. The predicted molar refractivity (Wildman–Crippen MR) is 147 cm³/mol. The standard InChI is InChI=1S/C28H41N5O6/c1-18(2)14-21(31-28(39)33-12-8-4-5-9-13-33)25(35)29-22(26(36)30-23(17-34)27(37)38)15-19-16-32(3)24-11-7-6-10-20(19)24/h6-7,10-11,16,18,21-23,34H,4-5,8-9,12-15,17H2,1-3H3,(H,29,35)(H,30,36)(H,31,39)(H,37,38)/t21-,22+,23+/m0/s1. The summed E-state index contributed by atoms with van der Waals surface area (Å²) in [6, 6.07) is 3.80. The number of benzene rings is 1. The number of amides is 4. The second-order valence-corrected chi connectivity index (χ2v) is 10.7. The molecule has 3 atom stereocenters. The summed E-state index contributed by atoms with van der Waals surface area (Å²) < 4.78 is 1.91. The zero-order valence-electron chi connectivity index (χ0n) is 23.0. The number of likely N-dealkylation sites (tertiary alicyclic amines) is 1. The number of aryl methyl sites for hydroxylation is 1. The van der Waals surface area contributed by atoms with Gasteiger partial charge in [-0.3, -0.25) is 9.59 Å². The van der Waals surface area contributed by atoms with Crippen LogP contribution < -0.4 is 16.0 Å². The lowest BCUT2D eigenvalue weighted by Crippen LogP contribution is -2.58. The highest BCUT2D eigenvalue weighted by Gasteiger charge is 2.31. The van der Waals surface area contributed by atoms with Crippen molar-refractivity contribution >= 4 is 34.7 Å². The van der Waals surface area contributed by atoms with Crippen LogP contribution in [0, 0.1) is 5.92 Å². The van der Waals surface area contributed by atoms with E-state index in [0.717, 1.165) is 42.1 Å². The van der Waals surface area contributed by atoms with Gasteiger partial charge in [0, 0.05) is 43.7 Å². The second kappa shape index (κ2) is 14.0. The Balaban J connectivity index is 1.84. The van der Waals surface area contributed by atoms with E-state index in [2.05, 4.69) is 16.0 Å². The van der Waals surface area contributed by atoms with E-state index in [1.54, 1.807) is 4.90 Å². The number of aliphatic carboxylic acids is 1. The summed E-state index contributed by atoms with van der Waals surface area (Å²) in [4.78, 5) is 53.0. The number of hydrogen-bond donors (Lipinski definition) is 5. The van der Waals surface area contributed by atoms with Gasteiger partial charge in [-0.05, 0) is 36.8 Å². The average molecular weight is 544 g/mol. The van der Waals surface area contributed by atoms with Gasteiger partial charge in [0.25, 0.3) is 0 Å². The smallest absolute Gasteiger partial charge is 0.328 e. The molecular formula is C28H41N5O6. The van der Waals surface area contributed by atoms with E-state index in [4.69, 9.17) is 0 Å². The highest BCUT2D eigenvalue weighted by molar-refractivity contribution is 5.94. The number of hydrogen-bond acceptors (Lipinski definition) is 5. The molecule has 0 saturated carbocycles. The molecule has 0 unspecified atom stereocenters. The Labute approximate surface area is 228 Å². The van der Waals surface area contributed by atoms with Gasteiger partial charge in [0.15, 0.2) is 0 Å². The lowest BCUT2D eigenvalue weighted by Gasteiger charge is -2.28. The zero-order valence-corrected chi connectivity index (χ0v) is 23.0. The fourth-order valence-corrected chi connectivity index (χ4v) is 4.96. The Morgan fingerprint density at radius 3 is 2.13 bits per heavy atom. The van der Waals surface area contributed by atoms with Crippen molar-refractivity contribution in [1.29, 1.82) is 0 Å². The lowest BCUT2D eigenvalue weighted by atomic mass is 10.0. The van der Waals surface area contributed by atoms with Gasteiger partial charge in [0.2, 0.25) is 11.8 Å². The van der Waals surface area contributed by atoms with Gasteiger partial charge in [-0.25, -0.2) is 9.59 Å². The number of rotatable bonds is 11. The number of carbonyl (C=O) groups excluding carboxylic acids is 3. The minimum atomic E-state index is -1.52.